The zero-order valence-electron chi connectivity index (χ0n) is 21.8. The number of nitrogens with zero attached hydrogens (tertiary/aromatic N) is 3. The highest BCUT2D eigenvalue weighted by Gasteiger charge is 2.35. The fourth-order valence-electron chi connectivity index (χ4n) is 4.70. The van der Waals surface area contributed by atoms with E-state index in [4.69, 9.17) is 21.1 Å². The molecular formula is C32H26ClN3O4. The zero-order valence-corrected chi connectivity index (χ0v) is 22.5. The fourth-order valence-corrected chi connectivity index (χ4v) is 4.94. The number of ether oxygens (including phenoxy) is 2. The van der Waals surface area contributed by atoms with Crippen LogP contribution in [0.4, 0.5) is 11.4 Å². The molecule has 1 aliphatic heterocycles. The van der Waals surface area contributed by atoms with E-state index in [0.29, 0.717) is 34.7 Å². The summed E-state index contributed by atoms with van der Waals surface area (Å²) >= 11 is 6.24. The summed E-state index contributed by atoms with van der Waals surface area (Å²) in [5, 5.41) is 9.26. The van der Waals surface area contributed by atoms with E-state index in [2.05, 4.69) is 6.07 Å². The highest BCUT2D eigenvalue weighted by molar-refractivity contribution is 6.21. The van der Waals surface area contributed by atoms with Gasteiger partial charge in [-0.15, -0.1) is 11.6 Å². The molecule has 1 unspecified atom stereocenters. The summed E-state index contributed by atoms with van der Waals surface area (Å²) in [7, 11) is 1.56. The molecule has 200 valence electrons. The van der Waals surface area contributed by atoms with Crippen LogP contribution < -0.4 is 14.4 Å². The normalized spacial score (nSPS) is 13.0. The van der Waals surface area contributed by atoms with E-state index >= 15 is 0 Å². The average Bonchev–Trinajstić information content (AvgIpc) is 3.25. The summed E-state index contributed by atoms with van der Waals surface area (Å²) < 4.78 is 11.9. The van der Waals surface area contributed by atoms with Crippen LogP contribution in [0.25, 0.3) is 0 Å². The number of hydrogen-bond acceptors (Lipinski definition) is 6. The van der Waals surface area contributed by atoms with Gasteiger partial charge in [0.15, 0.2) is 11.5 Å². The van der Waals surface area contributed by atoms with Gasteiger partial charge in [-0.05, 0) is 54.1 Å². The summed E-state index contributed by atoms with van der Waals surface area (Å²) in [5.41, 5.74) is 3.84. The summed E-state index contributed by atoms with van der Waals surface area (Å²) in [6, 6.07) is 31.3. The van der Waals surface area contributed by atoms with Crippen molar-refractivity contribution in [1.29, 1.82) is 5.26 Å². The van der Waals surface area contributed by atoms with Gasteiger partial charge in [0.05, 0.1) is 35.7 Å². The molecule has 7 nitrogen and oxygen atoms in total. The Hall–Kier alpha value is -4.80. The zero-order chi connectivity index (χ0) is 28.1. The minimum atomic E-state index is -0.369. The molecule has 0 aliphatic carbocycles. The lowest BCUT2D eigenvalue weighted by molar-refractivity contribution is 0.0659. The lowest BCUT2D eigenvalue weighted by Gasteiger charge is -2.28. The van der Waals surface area contributed by atoms with Crippen molar-refractivity contribution >= 4 is 34.8 Å². The van der Waals surface area contributed by atoms with Gasteiger partial charge in [-0.2, -0.15) is 5.26 Å². The maximum absolute atomic E-state index is 13.0. The smallest absolute Gasteiger partial charge is 0.261 e. The van der Waals surface area contributed by atoms with Gasteiger partial charge >= 0.3 is 0 Å². The van der Waals surface area contributed by atoms with Crippen LogP contribution in [-0.2, 0) is 0 Å². The minimum absolute atomic E-state index is 0.162. The molecule has 1 heterocycles. The maximum Gasteiger partial charge on any atom is 0.261 e. The van der Waals surface area contributed by atoms with Crippen molar-refractivity contribution in [3.8, 4) is 17.6 Å². The molecule has 0 N–H and O–H groups in total. The number of imide groups is 1. The van der Waals surface area contributed by atoms with Crippen molar-refractivity contribution in [2.24, 2.45) is 0 Å². The van der Waals surface area contributed by atoms with Gasteiger partial charge in [0.25, 0.3) is 11.8 Å². The third-order valence-electron chi connectivity index (χ3n) is 6.77. The van der Waals surface area contributed by atoms with Crippen LogP contribution in [0.15, 0.2) is 97.1 Å². The van der Waals surface area contributed by atoms with E-state index in [9.17, 15) is 14.9 Å². The van der Waals surface area contributed by atoms with Crippen LogP contribution >= 0.6 is 11.6 Å². The number of hydrogen-bond donors (Lipinski definition) is 0. The number of methoxy groups -OCH3 is 1. The average molecular weight is 552 g/mol. The molecule has 0 fully saturated rings. The van der Waals surface area contributed by atoms with E-state index < -0.39 is 0 Å². The van der Waals surface area contributed by atoms with Crippen molar-refractivity contribution in [2.75, 3.05) is 31.0 Å². The second-order valence-electron chi connectivity index (χ2n) is 9.12. The van der Waals surface area contributed by atoms with Gasteiger partial charge in [-0.3, -0.25) is 14.5 Å². The number of nitriles is 1. The van der Waals surface area contributed by atoms with Crippen molar-refractivity contribution in [3.05, 3.63) is 119 Å². The third kappa shape index (κ3) is 5.35. The molecule has 4 aromatic carbocycles. The Morgan fingerprint density at radius 1 is 0.850 bits per heavy atom. The molecule has 0 bridgehead atoms. The predicted molar refractivity (Wildman–Crippen MR) is 153 cm³/mol. The van der Waals surface area contributed by atoms with Crippen molar-refractivity contribution in [1.82, 2.24) is 4.90 Å². The Labute approximate surface area is 237 Å². The number of halogens is 1. The SMILES string of the molecule is COc1cc(N(CCN2C(=O)c3ccccc3C2=O)c2ccc(C#N)cc2)ccc1OC(CCl)c1ccccc1. The van der Waals surface area contributed by atoms with Gasteiger partial charge in [-0.25, -0.2) is 0 Å². The number of carbonyl (C=O) groups excluding carboxylic acids is 2. The van der Waals surface area contributed by atoms with Crippen molar-refractivity contribution in [3.63, 3.8) is 0 Å². The molecular weight excluding hydrogens is 526 g/mol. The highest BCUT2D eigenvalue weighted by Crippen LogP contribution is 2.37. The van der Waals surface area contributed by atoms with Gasteiger partial charge in [0.1, 0.15) is 6.10 Å². The van der Waals surface area contributed by atoms with Crippen LogP contribution in [0.1, 0.15) is 37.9 Å². The minimum Gasteiger partial charge on any atom is -0.493 e. The molecule has 0 saturated heterocycles. The van der Waals surface area contributed by atoms with Gasteiger partial charge in [-0.1, -0.05) is 42.5 Å². The quantitative estimate of drug-likeness (QED) is 0.168. The van der Waals surface area contributed by atoms with Gasteiger partial charge in [0, 0.05) is 30.5 Å². The molecule has 40 heavy (non-hydrogen) atoms. The lowest BCUT2D eigenvalue weighted by atomic mass is 10.1. The molecule has 1 atom stereocenters. The standard InChI is InChI=1S/C32H26ClN3O4/c1-39-29-19-25(15-16-28(29)40-30(20-33)23-7-3-2-4-8-23)35(24-13-11-22(21-34)12-14-24)17-18-36-31(37)26-9-5-6-10-27(26)32(36)38/h2-16,19,30H,17-18,20H2,1H3. The van der Waals surface area contributed by atoms with E-state index in [1.54, 1.807) is 43.5 Å². The highest BCUT2D eigenvalue weighted by atomic mass is 35.5. The first-order valence-electron chi connectivity index (χ1n) is 12.7. The Morgan fingerprint density at radius 3 is 2.08 bits per heavy atom. The topological polar surface area (TPSA) is 82.9 Å². The summed E-state index contributed by atoms with van der Waals surface area (Å²) in [4.78, 5) is 29.2. The number of fused-ring (bicyclic) bond motifs is 1. The lowest BCUT2D eigenvalue weighted by Crippen LogP contribution is -2.36. The first-order chi connectivity index (χ1) is 19.5. The monoisotopic (exact) mass is 551 g/mol. The summed E-state index contributed by atoms with van der Waals surface area (Å²) in [5.74, 6) is 0.667. The fraction of sp³-hybridized carbons (Fsp3) is 0.156. The number of carbonyl (C=O) groups is 2. The Bertz CT molecular complexity index is 1530. The van der Waals surface area contributed by atoms with E-state index in [1.165, 1.54) is 4.90 Å². The first kappa shape index (κ1) is 26.8. The summed E-state index contributed by atoms with van der Waals surface area (Å²) in [6.07, 6.45) is -0.369. The molecule has 0 saturated carbocycles. The largest absolute Gasteiger partial charge is 0.493 e. The number of rotatable bonds is 10. The van der Waals surface area contributed by atoms with Crippen LogP contribution in [0.5, 0.6) is 11.5 Å². The molecule has 2 amide bonds. The van der Waals surface area contributed by atoms with Crippen LogP contribution in [0, 0.1) is 11.3 Å². The Kier molecular flexibility index (Phi) is 7.99. The number of amides is 2. The van der Waals surface area contributed by atoms with Crippen LogP contribution in [0.3, 0.4) is 0 Å². The molecule has 5 rings (SSSR count). The van der Waals surface area contributed by atoms with Crippen LogP contribution in [0.2, 0.25) is 0 Å². The second kappa shape index (κ2) is 11.9. The Balaban J connectivity index is 1.44. The summed E-state index contributed by atoms with van der Waals surface area (Å²) in [6.45, 7) is 0.476. The van der Waals surface area contributed by atoms with E-state index in [1.807, 2.05) is 65.6 Å². The van der Waals surface area contributed by atoms with Crippen molar-refractivity contribution < 1.29 is 19.1 Å². The molecule has 0 radical (unpaired) electrons. The molecule has 0 aromatic heterocycles. The Morgan fingerprint density at radius 2 is 1.48 bits per heavy atom. The second-order valence-corrected chi connectivity index (χ2v) is 9.43. The predicted octanol–water partition coefficient (Wildman–Crippen LogP) is 6.36. The molecule has 0 spiro atoms. The third-order valence-corrected chi connectivity index (χ3v) is 7.05. The maximum atomic E-state index is 13.0. The van der Waals surface area contributed by atoms with Crippen molar-refractivity contribution in [2.45, 2.75) is 6.10 Å². The van der Waals surface area contributed by atoms with Gasteiger partial charge in [0.2, 0.25) is 0 Å². The van der Waals surface area contributed by atoms with E-state index in [-0.39, 0.29) is 30.3 Å². The number of anilines is 2. The van der Waals surface area contributed by atoms with Gasteiger partial charge < -0.3 is 14.4 Å². The number of benzene rings is 4. The van der Waals surface area contributed by atoms with Crippen LogP contribution in [-0.4, -0.2) is 42.8 Å². The first-order valence-corrected chi connectivity index (χ1v) is 13.3. The molecule has 1 aliphatic rings. The molecule has 8 heteroatoms. The number of alkyl halides is 1. The molecule has 4 aromatic rings. The van der Waals surface area contributed by atoms with E-state index in [0.717, 1.165) is 16.9 Å².